The molecule has 0 spiro atoms. The molecule has 5 heteroatoms. The van der Waals surface area contributed by atoms with Crippen molar-refractivity contribution in [3.05, 3.63) is 64.4 Å². The van der Waals surface area contributed by atoms with Gasteiger partial charge < -0.3 is 9.84 Å². The molecule has 0 radical (unpaired) electrons. The van der Waals surface area contributed by atoms with Crippen LogP contribution < -0.4 is 0 Å². The second kappa shape index (κ2) is 5.71. The number of rotatable bonds is 3. The van der Waals surface area contributed by atoms with Gasteiger partial charge in [0.2, 0.25) is 0 Å². The van der Waals surface area contributed by atoms with Crippen LogP contribution in [-0.2, 0) is 11.3 Å². The molecule has 0 saturated heterocycles. The largest absolute Gasteiger partial charge is 0.508 e. The van der Waals surface area contributed by atoms with E-state index in [9.17, 15) is 14.3 Å². The van der Waals surface area contributed by atoms with Gasteiger partial charge in [0.25, 0.3) is 0 Å². The van der Waals surface area contributed by atoms with Gasteiger partial charge in [-0.05, 0) is 30.3 Å². The Labute approximate surface area is 114 Å². The zero-order chi connectivity index (χ0) is 13.8. The van der Waals surface area contributed by atoms with Gasteiger partial charge in [-0.2, -0.15) is 0 Å². The van der Waals surface area contributed by atoms with Crippen LogP contribution in [0.3, 0.4) is 0 Å². The highest BCUT2D eigenvalue weighted by Crippen LogP contribution is 2.19. The van der Waals surface area contributed by atoms with Crippen LogP contribution in [0.25, 0.3) is 0 Å². The predicted octanol–water partition coefficient (Wildman–Crippen LogP) is 3.54. The number of hydrogen-bond donors (Lipinski definition) is 1. The molecule has 0 aliphatic rings. The van der Waals surface area contributed by atoms with E-state index in [0.29, 0.717) is 5.56 Å². The molecule has 2 rings (SSSR count). The molecular weight excluding hydrogens is 271 g/mol. The molecule has 0 aromatic heterocycles. The van der Waals surface area contributed by atoms with Crippen LogP contribution >= 0.6 is 11.6 Å². The highest BCUT2D eigenvalue weighted by molar-refractivity contribution is 6.31. The first-order chi connectivity index (χ1) is 9.06. The summed E-state index contributed by atoms with van der Waals surface area (Å²) in [4.78, 5) is 11.7. The van der Waals surface area contributed by atoms with Gasteiger partial charge in [0.15, 0.2) is 0 Å². The topological polar surface area (TPSA) is 46.5 Å². The lowest BCUT2D eigenvalue weighted by Crippen LogP contribution is -2.05. The fraction of sp³-hybridized carbons (Fsp3) is 0.0714. The molecule has 19 heavy (non-hydrogen) atoms. The number of phenols is 1. The Morgan fingerprint density at radius 1 is 1.26 bits per heavy atom. The Hall–Kier alpha value is -2.07. The molecule has 2 aromatic carbocycles. The first-order valence-corrected chi connectivity index (χ1v) is 5.84. The zero-order valence-electron chi connectivity index (χ0n) is 9.77. The van der Waals surface area contributed by atoms with Gasteiger partial charge in [-0.15, -0.1) is 0 Å². The Morgan fingerprint density at radius 3 is 2.74 bits per heavy atom. The van der Waals surface area contributed by atoms with Crippen molar-refractivity contribution in [3.8, 4) is 5.75 Å². The Bertz CT molecular complexity index is 613. The SMILES string of the molecule is O=C(OCc1ccc(F)cc1Cl)c1cccc(O)c1. The van der Waals surface area contributed by atoms with Gasteiger partial charge in [-0.25, -0.2) is 9.18 Å². The molecule has 0 atom stereocenters. The molecule has 0 fully saturated rings. The number of hydrogen-bond acceptors (Lipinski definition) is 3. The summed E-state index contributed by atoms with van der Waals surface area (Å²) in [5.41, 5.74) is 0.745. The van der Waals surface area contributed by atoms with Gasteiger partial charge in [0.05, 0.1) is 10.6 Å². The monoisotopic (exact) mass is 280 g/mol. The van der Waals surface area contributed by atoms with E-state index in [2.05, 4.69) is 0 Å². The van der Waals surface area contributed by atoms with E-state index >= 15 is 0 Å². The van der Waals surface area contributed by atoms with Crippen molar-refractivity contribution in [2.24, 2.45) is 0 Å². The Balaban J connectivity index is 2.04. The first kappa shape index (κ1) is 13.4. The number of ether oxygens (including phenoxy) is 1. The van der Waals surface area contributed by atoms with Crippen LogP contribution in [0.15, 0.2) is 42.5 Å². The van der Waals surface area contributed by atoms with Gasteiger partial charge in [0, 0.05) is 5.56 Å². The summed E-state index contributed by atoms with van der Waals surface area (Å²) in [6.45, 7) is -0.0619. The molecule has 98 valence electrons. The van der Waals surface area contributed by atoms with Crippen molar-refractivity contribution in [3.63, 3.8) is 0 Å². The number of phenolic OH excluding ortho intramolecular Hbond substituents is 1. The molecular formula is C14H10ClFO3. The van der Waals surface area contributed by atoms with E-state index in [0.717, 1.165) is 6.07 Å². The van der Waals surface area contributed by atoms with E-state index in [1.54, 1.807) is 0 Å². The minimum atomic E-state index is -0.587. The quantitative estimate of drug-likeness (QED) is 0.875. The lowest BCUT2D eigenvalue weighted by atomic mass is 10.2. The van der Waals surface area contributed by atoms with Crippen LogP contribution in [0.4, 0.5) is 4.39 Å². The van der Waals surface area contributed by atoms with Crippen molar-refractivity contribution in [2.45, 2.75) is 6.61 Å². The minimum Gasteiger partial charge on any atom is -0.508 e. The normalized spacial score (nSPS) is 10.2. The number of esters is 1. The van der Waals surface area contributed by atoms with Crippen molar-refractivity contribution >= 4 is 17.6 Å². The van der Waals surface area contributed by atoms with Crippen LogP contribution in [0, 0.1) is 5.82 Å². The summed E-state index contributed by atoms with van der Waals surface area (Å²) in [7, 11) is 0. The Morgan fingerprint density at radius 2 is 2.05 bits per heavy atom. The third-order valence-electron chi connectivity index (χ3n) is 2.46. The molecule has 1 N–H and O–H groups in total. The second-order valence-electron chi connectivity index (χ2n) is 3.86. The lowest BCUT2D eigenvalue weighted by molar-refractivity contribution is 0.0472. The fourth-order valence-corrected chi connectivity index (χ4v) is 1.72. The minimum absolute atomic E-state index is 0.0192. The highest BCUT2D eigenvalue weighted by atomic mass is 35.5. The van der Waals surface area contributed by atoms with Crippen LogP contribution in [0.5, 0.6) is 5.75 Å². The van der Waals surface area contributed by atoms with Crippen molar-refractivity contribution in [2.75, 3.05) is 0 Å². The van der Waals surface area contributed by atoms with Gasteiger partial charge in [-0.3, -0.25) is 0 Å². The maximum absolute atomic E-state index is 12.8. The van der Waals surface area contributed by atoms with Crippen molar-refractivity contribution < 1.29 is 19.0 Å². The summed E-state index contributed by atoms with van der Waals surface area (Å²) in [5.74, 6) is -1.06. The summed E-state index contributed by atoms with van der Waals surface area (Å²) >= 11 is 5.81. The van der Waals surface area contributed by atoms with Gasteiger partial charge >= 0.3 is 5.97 Å². The molecule has 0 unspecified atom stereocenters. The summed E-state index contributed by atoms with van der Waals surface area (Å²) in [6, 6.07) is 9.66. The molecule has 0 aliphatic carbocycles. The summed E-state index contributed by atoms with van der Waals surface area (Å²) in [6.07, 6.45) is 0. The van der Waals surface area contributed by atoms with E-state index in [-0.39, 0.29) is 22.9 Å². The van der Waals surface area contributed by atoms with E-state index < -0.39 is 11.8 Å². The first-order valence-electron chi connectivity index (χ1n) is 5.46. The predicted molar refractivity (Wildman–Crippen MR) is 68.6 cm³/mol. The maximum Gasteiger partial charge on any atom is 0.338 e. The van der Waals surface area contributed by atoms with Crippen LogP contribution in [-0.4, -0.2) is 11.1 Å². The average Bonchev–Trinajstić information content (AvgIpc) is 2.37. The smallest absolute Gasteiger partial charge is 0.338 e. The molecule has 0 bridgehead atoms. The third kappa shape index (κ3) is 3.45. The number of aromatic hydroxyl groups is 1. The number of carbonyl (C=O) groups excluding carboxylic acids is 1. The third-order valence-corrected chi connectivity index (χ3v) is 2.81. The molecule has 2 aromatic rings. The average molecular weight is 281 g/mol. The molecule has 0 heterocycles. The second-order valence-corrected chi connectivity index (χ2v) is 4.27. The van der Waals surface area contributed by atoms with Crippen LogP contribution in [0.2, 0.25) is 5.02 Å². The Kier molecular flexibility index (Phi) is 4.02. The van der Waals surface area contributed by atoms with Gasteiger partial charge in [-0.1, -0.05) is 23.7 Å². The fourth-order valence-electron chi connectivity index (χ4n) is 1.50. The highest BCUT2D eigenvalue weighted by Gasteiger charge is 2.09. The van der Waals surface area contributed by atoms with Crippen molar-refractivity contribution in [1.82, 2.24) is 0 Å². The molecule has 3 nitrogen and oxygen atoms in total. The lowest BCUT2D eigenvalue weighted by Gasteiger charge is -2.07. The molecule has 0 saturated carbocycles. The maximum atomic E-state index is 12.8. The van der Waals surface area contributed by atoms with Crippen molar-refractivity contribution in [1.29, 1.82) is 0 Å². The van der Waals surface area contributed by atoms with E-state index in [1.807, 2.05) is 0 Å². The zero-order valence-corrected chi connectivity index (χ0v) is 10.5. The summed E-state index contributed by atoms with van der Waals surface area (Å²) in [5, 5.41) is 9.45. The molecule has 0 aliphatic heterocycles. The van der Waals surface area contributed by atoms with E-state index in [1.165, 1.54) is 36.4 Å². The standard InChI is InChI=1S/C14H10ClFO3/c15-13-7-11(16)5-4-10(13)8-19-14(18)9-2-1-3-12(17)6-9/h1-7,17H,8H2. The number of carbonyl (C=O) groups is 1. The number of halogens is 2. The van der Waals surface area contributed by atoms with Crippen LogP contribution in [0.1, 0.15) is 15.9 Å². The molecule has 0 amide bonds. The number of benzene rings is 2. The van der Waals surface area contributed by atoms with Gasteiger partial charge in [0.1, 0.15) is 18.2 Å². The summed E-state index contributed by atoms with van der Waals surface area (Å²) < 4.78 is 17.9. The van der Waals surface area contributed by atoms with E-state index in [4.69, 9.17) is 16.3 Å².